The minimum Gasteiger partial charge on any atom is -0.450 e. The first-order chi connectivity index (χ1) is 24.9. The maximum Gasteiger partial charge on any atom is 0.407 e. The average Bonchev–Trinajstić information content (AvgIpc) is 3.49. The molecule has 0 aliphatic heterocycles. The number of nitrogens with zero attached hydrogens (tertiary/aromatic N) is 2. The van der Waals surface area contributed by atoms with Gasteiger partial charge in [-0.05, 0) is 54.1 Å². The van der Waals surface area contributed by atoms with Crippen LogP contribution in [0.25, 0.3) is 11.1 Å². The Morgan fingerprint density at radius 2 is 1.74 bits per heavy atom. The molecule has 2 atom stereocenters. The zero-order valence-electron chi connectivity index (χ0n) is 31.7. The Morgan fingerprint density at radius 3 is 2.36 bits per heavy atom. The number of aliphatic hydroxyl groups is 1. The van der Waals surface area contributed by atoms with Crippen LogP contribution in [0.3, 0.4) is 0 Å². The van der Waals surface area contributed by atoms with Crippen molar-refractivity contribution in [1.29, 1.82) is 0 Å². The summed E-state index contributed by atoms with van der Waals surface area (Å²) in [7, 11) is -1.52. The fourth-order valence-corrected chi connectivity index (χ4v) is 6.71. The van der Waals surface area contributed by atoms with Crippen molar-refractivity contribution in [3.05, 3.63) is 83.7 Å². The van der Waals surface area contributed by atoms with Crippen LogP contribution in [-0.4, -0.2) is 85.2 Å². The number of alkyl carbamates (subject to hydrolysis) is 1. The van der Waals surface area contributed by atoms with Gasteiger partial charge in [-0.25, -0.2) is 13.6 Å². The van der Waals surface area contributed by atoms with Gasteiger partial charge in [-0.15, -0.1) is 0 Å². The van der Waals surface area contributed by atoms with E-state index in [4.69, 9.17) is 10.5 Å². The van der Waals surface area contributed by atoms with Gasteiger partial charge in [0, 0.05) is 57.1 Å². The molecular formula is C39H55F2N5O6Si. The highest BCUT2D eigenvalue weighted by atomic mass is 28.3. The van der Waals surface area contributed by atoms with E-state index in [0.29, 0.717) is 24.2 Å². The van der Waals surface area contributed by atoms with E-state index in [2.05, 4.69) is 30.3 Å². The summed E-state index contributed by atoms with van der Waals surface area (Å²) in [6.45, 7) is 11.8. The van der Waals surface area contributed by atoms with Crippen LogP contribution < -0.4 is 16.4 Å². The Bertz CT molecular complexity index is 1690. The Morgan fingerprint density at radius 1 is 1.04 bits per heavy atom. The van der Waals surface area contributed by atoms with Crippen LogP contribution in [0.4, 0.5) is 13.6 Å². The second-order valence-corrected chi connectivity index (χ2v) is 21.1. The molecule has 0 unspecified atom stereocenters. The largest absolute Gasteiger partial charge is 0.450 e. The Kier molecular flexibility index (Phi) is 15.9. The summed E-state index contributed by atoms with van der Waals surface area (Å²) in [6, 6.07) is 13.3. The van der Waals surface area contributed by atoms with Crippen molar-refractivity contribution in [3.8, 4) is 11.1 Å². The normalized spacial score (nSPS) is 12.9. The Labute approximate surface area is 312 Å². The van der Waals surface area contributed by atoms with Crippen molar-refractivity contribution in [2.24, 2.45) is 11.1 Å². The smallest absolute Gasteiger partial charge is 0.407 e. The van der Waals surface area contributed by atoms with E-state index in [-0.39, 0.29) is 50.4 Å². The minimum atomic E-state index is -1.52. The van der Waals surface area contributed by atoms with Crippen molar-refractivity contribution in [3.63, 3.8) is 0 Å². The lowest BCUT2D eigenvalue weighted by atomic mass is 9.82. The van der Waals surface area contributed by atoms with Crippen LogP contribution in [0.15, 0.2) is 60.8 Å². The van der Waals surface area contributed by atoms with E-state index >= 15 is 4.39 Å². The summed E-state index contributed by atoms with van der Waals surface area (Å²) in [5.74, 6) is -2.54. The number of benzene rings is 2. The number of ether oxygens (including phenoxy) is 1. The van der Waals surface area contributed by atoms with E-state index in [1.807, 2.05) is 55.7 Å². The predicted molar refractivity (Wildman–Crippen MR) is 204 cm³/mol. The third-order valence-electron chi connectivity index (χ3n) is 8.74. The molecule has 0 radical (unpaired) electrons. The van der Waals surface area contributed by atoms with Gasteiger partial charge in [-0.1, -0.05) is 70.7 Å². The monoisotopic (exact) mass is 755 g/mol. The lowest BCUT2D eigenvalue weighted by molar-refractivity contribution is -0.140. The molecular weight excluding hydrogens is 701 g/mol. The molecule has 290 valence electrons. The lowest BCUT2D eigenvalue weighted by Gasteiger charge is -2.41. The Hall–Kier alpha value is -4.40. The summed E-state index contributed by atoms with van der Waals surface area (Å²) in [4.78, 5) is 53.2. The zero-order valence-corrected chi connectivity index (χ0v) is 32.7. The number of amides is 3. The van der Waals surface area contributed by atoms with Gasteiger partial charge in [0.25, 0.3) is 0 Å². The van der Waals surface area contributed by atoms with E-state index in [9.17, 15) is 28.7 Å². The molecule has 53 heavy (non-hydrogen) atoms. The summed E-state index contributed by atoms with van der Waals surface area (Å²) < 4.78 is 36.8. The molecule has 5 N–H and O–H groups in total. The summed E-state index contributed by atoms with van der Waals surface area (Å²) in [5, 5.41) is 15.6. The molecule has 0 bridgehead atoms. The lowest BCUT2D eigenvalue weighted by Crippen LogP contribution is -2.50. The molecule has 0 saturated carbocycles. The van der Waals surface area contributed by atoms with Gasteiger partial charge in [-0.3, -0.25) is 14.4 Å². The molecule has 2 aromatic carbocycles. The molecule has 0 aliphatic carbocycles. The van der Waals surface area contributed by atoms with Crippen LogP contribution in [0.2, 0.25) is 25.7 Å². The molecule has 0 fully saturated rings. The quantitative estimate of drug-likeness (QED) is 0.0913. The molecule has 1 aromatic heterocycles. The second kappa shape index (κ2) is 19.6. The fourth-order valence-electron chi connectivity index (χ4n) is 5.99. The van der Waals surface area contributed by atoms with Crippen LogP contribution >= 0.6 is 0 Å². The van der Waals surface area contributed by atoms with Gasteiger partial charge in [0.2, 0.25) is 11.8 Å². The van der Waals surface area contributed by atoms with E-state index in [0.717, 1.165) is 29.8 Å². The number of hydrogen-bond acceptors (Lipinski definition) is 7. The van der Waals surface area contributed by atoms with E-state index in [1.54, 1.807) is 12.3 Å². The number of aromatic nitrogens is 1. The first-order valence-electron chi connectivity index (χ1n) is 18.0. The van der Waals surface area contributed by atoms with Crippen LogP contribution in [-0.2, 0) is 25.7 Å². The first kappa shape index (κ1) is 43.0. The molecule has 11 nitrogen and oxygen atoms in total. The van der Waals surface area contributed by atoms with Gasteiger partial charge in [0.05, 0.1) is 19.2 Å². The number of rotatable bonds is 19. The topological polar surface area (TPSA) is 156 Å². The molecule has 1 heterocycles. The van der Waals surface area contributed by atoms with Crippen molar-refractivity contribution in [1.82, 2.24) is 20.1 Å². The summed E-state index contributed by atoms with van der Waals surface area (Å²) >= 11 is 0. The van der Waals surface area contributed by atoms with Crippen molar-refractivity contribution in [2.75, 3.05) is 32.8 Å². The molecule has 0 spiro atoms. The van der Waals surface area contributed by atoms with Gasteiger partial charge >= 0.3 is 6.09 Å². The maximum absolute atomic E-state index is 15.1. The molecule has 14 heteroatoms. The molecule has 0 saturated heterocycles. The number of carbonyl (C=O) groups excluding carboxylic acids is 4. The predicted octanol–water partition coefficient (Wildman–Crippen LogP) is 5.64. The molecule has 3 rings (SSSR count). The van der Waals surface area contributed by atoms with Crippen molar-refractivity contribution in [2.45, 2.75) is 84.3 Å². The highest BCUT2D eigenvalue weighted by molar-refractivity contribution is 6.76. The van der Waals surface area contributed by atoms with Crippen LogP contribution in [0, 0.1) is 17.0 Å². The summed E-state index contributed by atoms with van der Waals surface area (Å²) in [6.07, 6.45) is 1.41. The average molecular weight is 756 g/mol. The standard InChI is InChI=1S/C39H55F2N5O6Si/c1-39(2,3)36(34-21-28(31-22-29(40)14-15-32(31)41)25-45(34)24-27-11-8-7-9-12-27)46(35(49)26-47)18-16-33(37(50)43-17-10-13-30(48)23-42)44-38(51)52-19-20-53(4,5)6/h7-9,11-12,14-15,21-22,25,33,36,47H,10,13,16-20,23-24,26,42H2,1-6H3,(H,43,50)(H,44,51)/t33-,36-/m0/s1. The van der Waals surface area contributed by atoms with Gasteiger partial charge in [0.15, 0.2) is 0 Å². The number of ketones is 1. The SMILES string of the molecule is CC(C)(C)[C@H](c1cc(-c2cc(F)ccc2F)cn1Cc1ccccc1)N(CC[C@H](NC(=O)OCC[Si](C)(C)C)C(=O)NCCCC(=O)CN)C(=O)CO. The van der Waals surface area contributed by atoms with E-state index < -0.39 is 61.7 Å². The van der Waals surface area contributed by atoms with Crippen LogP contribution in [0.1, 0.15) is 57.3 Å². The first-order valence-corrected chi connectivity index (χ1v) is 21.7. The number of nitrogens with one attached hydrogen (secondary N) is 2. The highest BCUT2D eigenvalue weighted by Gasteiger charge is 2.38. The third-order valence-corrected chi connectivity index (χ3v) is 10.4. The number of Topliss-reactive ketones (excluding diaryl/α,β-unsaturated/α-hetero) is 1. The fraction of sp³-hybridized carbons (Fsp3) is 0.487. The number of halogens is 2. The van der Waals surface area contributed by atoms with Crippen molar-refractivity contribution < 1.29 is 37.8 Å². The Balaban J connectivity index is 2.02. The molecule has 0 aliphatic rings. The minimum absolute atomic E-state index is 0.0486. The van der Waals surface area contributed by atoms with Gasteiger partial charge in [0.1, 0.15) is 30.1 Å². The van der Waals surface area contributed by atoms with Crippen molar-refractivity contribution >= 4 is 31.8 Å². The maximum atomic E-state index is 15.1. The number of hydrogen-bond donors (Lipinski definition) is 4. The summed E-state index contributed by atoms with van der Waals surface area (Å²) in [5.41, 5.74) is 6.66. The number of aliphatic hydroxyl groups excluding tert-OH is 1. The van der Waals surface area contributed by atoms with Crippen LogP contribution in [0.5, 0.6) is 0 Å². The third kappa shape index (κ3) is 13.5. The number of nitrogens with two attached hydrogens (primary N) is 1. The molecule has 3 amide bonds. The van der Waals surface area contributed by atoms with E-state index in [1.165, 1.54) is 4.90 Å². The number of carbonyl (C=O) groups is 4. The molecule has 3 aromatic rings. The zero-order chi connectivity index (χ0) is 39.3. The second-order valence-electron chi connectivity index (χ2n) is 15.5. The van der Waals surface area contributed by atoms with Gasteiger partial charge < -0.3 is 35.7 Å². The van der Waals surface area contributed by atoms with Gasteiger partial charge in [-0.2, -0.15) is 0 Å². The highest BCUT2D eigenvalue weighted by Crippen LogP contribution is 2.41.